The van der Waals surface area contributed by atoms with Gasteiger partial charge in [-0.05, 0) is 69.5 Å². The first-order chi connectivity index (χ1) is 16.8. The summed E-state index contributed by atoms with van der Waals surface area (Å²) in [4.78, 5) is 28.7. The normalized spacial score (nSPS) is 14.2. The van der Waals surface area contributed by atoms with Crippen molar-refractivity contribution in [2.75, 3.05) is 5.32 Å². The number of anilines is 1. The van der Waals surface area contributed by atoms with Gasteiger partial charge in [0.2, 0.25) is 0 Å². The van der Waals surface area contributed by atoms with Gasteiger partial charge in [0.05, 0.1) is 28.4 Å². The summed E-state index contributed by atoms with van der Waals surface area (Å²) in [5.74, 6) is 0.977. The Kier molecular flexibility index (Phi) is 5.85. The smallest absolute Gasteiger partial charge is 0.195 e. The SMILES string of the molecule is Cc1cc(C(C)Nc2ccc(Cl)nc2-c2ccc(C=O)c(O)c2)c2oc(C3CC3)c(C)c(=O)c2c1. The van der Waals surface area contributed by atoms with Crippen LogP contribution in [-0.2, 0) is 0 Å². The van der Waals surface area contributed by atoms with Crippen molar-refractivity contribution in [3.05, 3.63) is 85.9 Å². The molecule has 5 rings (SSSR count). The lowest BCUT2D eigenvalue weighted by molar-refractivity contribution is 0.112. The lowest BCUT2D eigenvalue weighted by Gasteiger charge is -2.20. The molecule has 35 heavy (non-hydrogen) atoms. The number of aromatic nitrogens is 1. The van der Waals surface area contributed by atoms with Crippen LogP contribution in [0.1, 0.15) is 64.5 Å². The van der Waals surface area contributed by atoms with Gasteiger partial charge in [-0.25, -0.2) is 4.98 Å². The van der Waals surface area contributed by atoms with Crippen molar-refractivity contribution in [1.82, 2.24) is 4.98 Å². The Labute approximate surface area is 207 Å². The highest BCUT2D eigenvalue weighted by Gasteiger charge is 2.30. The third kappa shape index (κ3) is 4.30. The molecule has 2 N–H and O–H groups in total. The molecule has 1 aliphatic carbocycles. The van der Waals surface area contributed by atoms with Gasteiger partial charge in [0, 0.05) is 22.6 Å². The number of carbonyl (C=O) groups is 1. The number of pyridine rings is 1. The Hall–Kier alpha value is -3.64. The predicted molar refractivity (Wildman–Crippen MR) is 138 cm³/mol. The van der Waals surface area contributed by atoms with E-state index < -0.39 is 0 Å². The Balaban J connectivity index is 1.60. The predicted octanol–water partition coefficient (Wildman–Crippen LogP) is 6.69. The van der Waals surface area contributed by atoms with Crippen LogP contribution in [0.25, 0.3) is 22.2 Å². The molecule has 1 saturated carbocycles. The molecule has 0 amide bonds. The van der Waals surface area contributed by atoms with Gasteiger partial charge in [-0.2, -0.15) is 0 Å². The number of aryl methyl sites for hydroxylation is 1. The standard InChI is InChI=1S/C28H25ClN2O4/c1-14-10-20(28-21(11-14)26(34)15(2)27(35-28)17-4-5-17)16(3)30-22-8-9-24(29)31-25(22)18-6-7-19(13-32)23(33)12-18/h6-13,16-17,30,33H,4-5H2,1-3H3. The molecule has 0 bridgehead atoms. The van der Waals surface area contributed by atoms with E-state index in [0.29, 0.717) is 50.8 Å². The zero-order chi connectivity index (χ0) is 24.9. The fourth-order valence-electron chi connectivity index (χ4n) is 4.51. The van der Waals surface area contributed by atoms with Gasteiger partial charge < -0.3 is 14.8 Å². The summed E-state index contributed by atoms with van der Waals surface area (Å²) in [6, 6.07) is 11.9. The van der Waals surface area contributed by atoms with Crippen LogP contribution in [0.4, 0.5) is 5.69 Å². The van der Waals surface area contributed by atoms with E-state index in [0.717, 1.165) is 29.7 Å². The number of nitrogens with one attached hydrogen (secondary N) is 1. The fraction of sp³-hybridized carbons (Fsp3) is 0.250. The lowest BCUT2D eigenvalue weighted by Crippen LogP contribution is -2.13. The Morgan fingerprint density at radius 1 is 1.17 bits per heavy atom. The molecule has 0 saturated heterocycles. The second kappa shape index (κ2) is 8.86. The number of aldehydes is 1. The third-order valence-electron chi connectivity index (χ3n) is 6.51. The quantitative estimate of drug-likeness (QED) is 0.232. The number of phenolic OH excluding ortho intramolecular Hbond substituents is 1. The number of phenols is 1. The van der Waals surface area contributed by atoms with Gasteiger partial charge in [0.15, 0.2) is 11.7 Å². The minimum atomic E-state index is -0.236. The van der Waals surface area contributed by atoms with Gasteiger partial charge in [-0.15, -0.1) is 0 Å². The molecular weight excluding hydrogens is 464 g/mol. The first-order valence-electron chi connectivity index (χ1n) is 11.6. The van der Waals surface area contributed by atoms with Gasteiger partial charge in [0.1, 0.15) is 22.2 Å². The van der Waals surface area contributed by atoms with Crippen LogP contribution in [0.3, 0.4) is 0 Å². The van der Waals surface area contributed by atoms with Crippen LogP contribution in [0.15, 0.2) is 51.7 Å². The molecule has 178 valence electrons. The zero-order valence-electron chi connectivity index (χ0n) is 19.7. The highest BCUT2D eigenvalue weighted by Crippen LogP contribution is 2.43. The van der Waals surface area contributed by atoms with E-state index in [1.807, 2.05) is 39.0 Å². The van der Waals surface area contributed by atoms with Crippen LogP contribution in [0.5, 0.6) is 5.75 Å². The van der Waals surface area contributed by atoms with E-state index in [9.17, 15) is 14.7 Å². The number of hydrogen-bond donors (Lipinski definition) is 2. The van der Waals surface area contributed by atoms with Gasteiger partial charge in [0.25, 0.3) is 0 Å². The maximum Gasteiger partial charge on any atom is 0.195 e. The fourth-order valence-corrected chi connectivity index (χ4v) is 4.66. The topological polar surface area (TPSA) is 92.4 Å². The van der Waals surface area contributed by atoms with Crippen molar-refractivity contribution in [3.63, 3.8) is 0 Å². The summed E-state index contributed by atoms with van der Waals surface area (Å²) in [5, 5.41) is 14.6. The van der Waals surface area contributed by atoms with Crippen LogP contribution >= 0.6 is 11.6 Å². The molecule has 2 aromatic carbocycles. The summed E-state index contributed by atoms with van der Waals surface area (Å²) in [6.07, 6.45) is 2.68. The van der Waals surface area contributed by atoms with E-state index >= 15 is 0 Å². The molecule has 2 aromatic heterocycles. The molecule has 1 aliphatic rings. The van der Waals surface area contributed by atoms with Crippen molar-refractivity contribution in [3.8, 4) is 17.0 Å². The summed E-state index contributed by atoms with van der Waals surface area (Å²) >= 11 is 6.20. The maximum atomic E-state index is 13.2. The van der Waals surface area contributed by atoms with Crippen LogP contribution in [-0.4, -0.2) is 16.4 Å². The molecule has 0 radical (unpaired) electrons. The number of carbonyl (C=O) groups excluding carboxylic acids is 1. The Morgan fingerprint density at radius 2 is 1.94 bits per heavy atom. The largest absolute Gasteiger partial charge is 0.507 e. The van der Waals surface area contributed by atoms with Crippen molar-refractivity contribution >= 4 is 34.5 Å². The second-order valence-electron chi connectivity index (χ2n) is 9.21. The number of halogens is 1. The Bertz CT molecular complexity index is 1540. The first kappa shape index (κ1) is 23.1. The summed E-state index contributed by atoms with van der Waals surface area (Å²) in [7, 11) is 0. The molecule has 1 fully saturated rings. The van der Waals surface area contributed by atoms with E-state index in [4.69, 9.17) is 16.0 Å². The minimum Gasteiger partial charge on any atom is -0.507 e. The number of hydrogen-bond acceptors (Lipinski definition) is 6. The van der Waals surface area contributed by atoms with Gasteiger partial charge in [-0.1, -0.05) is 23.7 Å². The molecule has 0 spiro atoms. The molecule has 1 unspecified atom stereocenters. The van der Waals surface area contributed by atoms with Crippen molar-refractivity contribution in [1.29, 1.82) is 0 Å². The van der Waals surface area contributed by atoms with E-state index in [1.165, 1.54) is 12.1 Å². The van der Waals surface area contributed by atoms with Crippen LogP contribution in [0.2, 0.25) is 5.15 Å². The van der Waals surface area contributed by atoms with Crippen molar-refractivity contribution in [2.24, 2.45) is 0 Å². The average molecular weight is 489 g/mol. The lowest BCUT2D eigenvalue weighted by atomic mass is 9.99. The minimum absolute atomic E-state index is 0.0184. The molecular formula is C28H25ClN2O4. The summed E-state index contributed by atoms with van der Waals surface area (Å²) in [5.41, 5.74) is 5.18. The summed E-state index contributed by atoms with van der Waals surface area (Å²) in [6.45, 7) is 5.81. The second-order valence-corrected chi connectivity index (χ2v) is 9.60. The van der Waals surface area contributed by atoms with Crippen LogP contribution in [0, 0.1) is 13.8 Å². The third-order valence-corrected chi connectivity index (χ3v) is 6.72. The van der Waals surface area contributed by atoms with E-state index in [2.05, 4.69) is 10.3 Å². The van der Waals surface area contributed by atoms with Crippen LogP contribution < -0.4 is 10.7 Å². The van der Waals surface area contributed by atoms with Crippen molar-refractivity contribution in [2.45, 2.75) is 45.6 Å². The molecule has 0 aliphatic heterocycles. The molecule has 4 aromatic rings. The monoisotopic (exact) mass is 488 g/mol. The highest BCUT2D eigenvalue weighted by molar-refractivity contribution is 6.29. The molecule has 6 nitrogen and oxygen atoms in total. The van der Waals surface area contributed by atoms with E-state index in [1.54, 1.807) is 12.1 Å². The number of benzene rings is 2. The van der Waals surface area contributed by atoms with Crippen molar-refractivity contribution < 1.29 is 14.3 Å². The number of nitrogens with zero attached hydrogens (tertiary/aromatic N) is 1. The number of fused-ring (bicyclic) bond motifs is 1. The van der Waals surface area contributed by atoms with Gasteiger partial charge in [-0.3, -0.25) is 9.59 Å². The zero-order valence-corrected chi connectivity index (χ0v) is 20.4. The molecule has 2 heterocycles. The molecule has 1 atom stereocenters. The van der Waals surface area contributed by atoms with Gasteiger partial charge >= 0.3 is 0 Å². The number of rotatable bonds is 6. The highest BCUT2D eigenvalue weighted by atomic mass is 35.5. The van der Waals surface area contributed by atoms with E-state index in [-0.39, 0.29) is 22.8 Å². The number of aromatic hydroxyl groups is 1. The molecule has 7 heteroatoms. The Morgan fingerprint density at radius 3 is 2.63 bits per heavy atom. The average Bonchev–Trinajstić information content (AvgIpc) is 3.67. The maximum absolute atomic E-state index is 13.2. The first-order valence-corrected chi connectivity index (χ1v) is 11.9. The summed E-state index contributed by atoms with van der Waals surface area (Å²) < 4.78 is 6.37.